The SMILES string of the molecule is COc1c(C)cnc(CN2CC(OC3CCCC3)Nc3c(Cl)nc(N)nc32)c1C. The molecule has 3 N–H and O–H groups in total. The predicted molar refractivity (Wildman–Crippen MR) is 114 cm³/mol. The van der Waals surface area contributed by atoms with Crippen LogP contribution in [-0.2, 0) is 11.3 Å². The Labute approximate surface area is 175 Å². The Bertz CT molecular complexity index is 903. The van der Waals surface area contributed by atoms with Crippen LogP contribution < -0.4 is 20.7 Å². The second-order valence-electron chi connectivity index (χ2n) is 7.67. The van der Waals surface area contributed by atoms with Crippen molar-refractivity contribution in [3.8, 4) is 5.75 Å². The summed E-state index contributed by atoms with van der Waals surface area (Å²) in [6.45, 7) is 5.15. The topological polar surface area (TPSA) is 98.4 Å². The summed E-state index contributed by atoms with van der Waals surface area (Å²) >= 11 is 6.39. The van der Waals surface area contributed by atoms with Gasteiger partial charge in [0.2, 0.25) is 5.95 Å². The zero-order chi connectivity index (χ0) is 20.5. The number of aryl methyl sites for hydroxylation is 1. The number of hydrogen-bond donors (Lipinski definition) is 2. The van der Waals surface area contributed by atoms with Gasteiger partial charge in [0.1, 0.15) is 17.7 Å². The minimum Gasteiger partial charge on any atom is -0.496 e. The second kappa shape index (κ2) is 8.20. The predicted octanol–water partition coefficient (Wildman–Crippen LogP) is 3.45. The molecule has 0 spiro atoms. The van der Waals surface area contributed by atoms with Gasteiger partial charge in [-0.25, -0.2) is 0 Å². The van der Waals surface area contributed by atoms with Crippen molar-refractivity contribution in [2.75, 3.05) is 29.6 Å². The lowest BCUT2D eigenvalue weighted by atomic mass is 10.1. The number of rotatable bonds is 5. The third-order valence-electron chi connectivity index (χ3n) is 5.60. The lowest BCUT2D eigenvalue weighted by Gasteiger charge is -2.37. The van der Waals surface area contributed by atoms with Gasteiger partial charge < -0.3 is 25.4 Å². The van der Waals surface area contributed by atoms with Crippen LogP contribution in [0.5, 0.6) is 5.75 Å². The number of aromatic nitrogens is 3. The molecule has 3 heterocycles. The van der Waals surface area contributed by atoms with Crippen LogP contribution in [0, 0.1) is 13.8 Å². The number of fused-ring (bicyclic) bond motifs is 1. The lowest BCUT2D eigenvalue weighted by Crippen LogP contribution is -2.45. The molecule has 1 saturated carbocycles. The van der Waals surface area contributed by atoms with Crippen LogP contribution in [0.4, 0.5) is 17.5 Å². The van der Waals surface area contributed by atoms with Gasteiger partial charge in [-0.1, -0.05) is 24.4 Å². The van der Waals surface area contributed by atoms with E-state index in [0.717, 1.165) is 35.4 Å². The number of halogens is 1. The number of nitrogens with two attached hydrogens (primary N) is 1. The maximum atomic E-state index is 6.39. The van der Waals surface area contributed by atoms with Gasteiger partial charge in [-0.15, -0.1) is 0 Å². The van der Waals surface area contributed by atoms with Gasteiger partial charge in [0, 0.05) is 17.3 Å². The monoisotopic (exact) mass is 418 g/mol. The Kier molecular flexibility index (Phi) is 5.65. The van der Waals surface area contributed by atoms with E-state index in [4.69, 9.17) is 26.8 Å². The van der Waals surface area contributed by atoms with Crippen LogP contribution in [0.2, 0.25) is 5.15 Å². The molecule has 1 atom stereocenters. The summed E-state index contributed by atoms with van der Waals surface area (Å²) in [6, 6.07) is 0. The molecule has 2 aliphatic rings. The van der Waals surface area contributed by atoms with E-state index in [2.05, 4.69) is 25.2 Å². The van der Waals surface area contributed by atoms with Crippen LogP contribution in [0.15, 0.2) is 6.20 Å². The number of nitrogen functional groups attached to an aromatic ring is 1. The minimum absolute atomic E-state index is 0.141. The van der Waals surface area contributed by atoms with Crippen LogP contribution >= 0.6 is 11.6 Å². The third-order valence-corrected chi connectivity index (χ3v) is 5.88. The molecule has 1 aliphatic carbocycles. The normalized spacial score (nSPS) is 19.2. The molecular weight excluding hydrogens is 392 g/mol. The zero-order valence-corrected chi connectivity index (χ0v) is 17.8. The van der Waals surface area contributed by atoms with Crippen molar-refractivity contribution < 1.29 is 9.47 Å². The number of nitrogens with one attached hydrogen (secondary N) is 1. The Balaban J connectivity index is 1.66. The van der Waals surface area contributed by atoms with Gasteiger partial charge >= 0.3 is 0 Å². The Morgan fingerprint density at radius 1 is 1.28 bits per heavy atom. The van der Waals surface area contributed by atoms with Gasteiger partial charge in [0.05, 0.1) is 32.0 Å². The van der Waals surface area contributed by atoms with E-state index in [1.165, 1.54) is 12.8 Å². The quantitative estimate of drug-likeness (QED) is 0.712. The Morgan fingerprint density at radius 3 is 2.76 bits per heavy atom. The molecule has 0 amide bonds. The summed E-state index contributed by atoms with van der Waals surface area (Å²) in [5, 5.41) is 3.65. The minimum atomic E-state index is -0.206. The smallest absolute Gasteiger partial charge is 0.223 e. The van der Waals surface area contributed by atoms with Crippen molar-refractivity contribution in [2.45, 2.75) is 58.4 Å². The molecule has 1 aliphatic heterocycles. The van der Waals surface area contributed by atoms with E-state index in [9.17, 15) is 0 Å². The molecule has 9 heteroatoms. The number of anilines is 3. The van der Waals surface area contributed by atoms with Gasteiger partial charge in [-0.3, -0.25) is 4.98 Å². The molecule has 156 valence electrons. The van der Waals surface area contributed by atoms with Gasteiger partial charge in [0.15, 0.2) is 11.0 Å². The van der Waals surface area contributed by atoms with Crippen LogP contribution in [0.1, 0.15) is 42.5 Å². The summed E-state index contributed by atoms with van der Waals surface area (Å²) < 4.78 is 11.9. The number of methoxy groups -OCH3 is 1. The third kappa shape index (κ3) is 4.04. The summed E-state index contributed by atoms with van der Waals surface area (Å²) in [6.07, 6.45) is 6.50. The van der Waals surface area contributed by atoms with E-state index in [1.807, 2.05) is 20.0 Å². The van der Waals surface area contributed by atoms with Crippen molar-refractivity contribution in [3.05, 3.63) is 28.2 Å². The lowest BCUT2D eigenvalue weighted by molar-refractivity contribution is 0.00971. The summed E-state index contributed by atoms with van der Waals surface area (Å²) in [4.78, 5) is 15.3. The maximum Gasteiger partial charge on any atom is 0.223 e. The maximum absolute atomic E-state index is 6.39. The highest BCUT2D eigenvalue weighted by Crippen LogP contribution is 2.37. The van der Waals surface area contributed by atoms with Gasteiger partial charge in [-0.2, -0.15) is 9.97 Å². The molecule has 29 heavy (non-hydrogen) atoms. The van der Waals surface area contributed by atoms with Crippen molar-refractivity contribution in [1.29, 1.82) is 0 Å². The molecule has 0 saturated heterocycles. The largest absolute Gasteiger partial charge is 0.496 e. The van der Waals surface area contributed by atoms with E-state index in [-0.39, 0.29) is 18.3 Å². The molecule has 0 aromatic carbocycles. The average molecular weight is 419 g/mol. The molecule has 1 unspecified atom stereocenters. The molecule has 4 rings (SSSR count). The Morgan fingerprint density at radius 2 is 2.03 bits per heavy atom. The van der Waals surface area contributed by atoms with Gasteiger partial charge in [-0.05, 0) is 26.7 Å². The number of pyridine rings is 1. The second-order valence-corrected chi connectivity index (χ2v) is 8.03. The number of hydrogen-bond acceptors (Lipinski definition) is 8. The van der Waals surface area contributed by atoms with Gasteiger partial charge in [0.25, 0.3) is 0 Å². The van der Waals surface area contributed by atoms with Crippen LogP contribution in [0.3, 0.4) is 0 Å². The van der Waals surface area contributed by atoms with Crippen molar-refractivity contribution in [3.63, 3.8) is 0 Å². The highest BCUT2D eigenvalue weighted by atomic mass is 35.5. The first-order valence-electron chi connectivity index (χ1n) is 9.95. The standard InChI is InChI=1S/C20H27ClN6O2/c1-11-8-23-14(12(2)17(11)28-3)9-27-10-15(29-13-6-4-5-7-13)24-16-18(21)25-20(22)26-19(16)27/h8,13,15,24H,4-7,9-10H2,1-3H3,(H2,22,25,26). The van der Waals surface area contributed by atoms with Crippen LogP contribution in [0.25, 0.3) is 0 Å². The molecule has 0 radical (unpaired) electrons. The fraction of sp³-hybridized carbons (Fsp3) is 0.550. The molecular formula is C20H27ClN6O2. The molecule has 1 fully saturated rings. The average Bonchev–Trinajstić information content (AvgIpc) is 3.18. The first kappa shape index (κ1) is 20.0. The summed E-state index contributed by atoms with van der Waals surface area (Å²) in [5.41, 5.74) is 9.44. The van der Waals surface area contributed by atoms with Crippen molar-refractivity contribution in [1.82, 2.24) is 15.0 Å². The van der Waals surface area contributed by atoms with Crippen LogP contribution in [-0.4, -0.2) is 40.9 Å². The number of nitrogens with zero attached hydrogens (tertiary/aromatic N) is 4. The number of ether oxygens (including phenoxy) is 2. The highest BCUT2D eigenvalue weighted by molar-refractivity contribution is 6.32. The Hall–Kier alpha value is -2.32. The van der Waals surface area contributed by atoms with E-state index >= 15 is 0 Å². The molecule has 2 aromatic heterocycles. The fourth-order valence-electron chi connectivity index (χ4n) is 4.17. The fourth-order valence-corrected chi connectivity index (χ4v) is 4.39. The molecule has 2 aromatic rings. The van der Waals surface area contributed by atoms with E-state index in [1.54, 1.807) is 7.11 Å². The first-order chi connectivity index (χ1) is 14.0. The first-order valence-corrected chi connectivity index (χ1v) is 10.3. The summed E-state index contributed by atoms with van der Waals surface area (Å²) in [7, 11) is 1.68. The zero-order valence-electron chi connectivity index (χ0n) is 17.0. The van der Waals surface area contributed by atoms with Crippen molar-refractivity contribution >= 4 is 29.1 Å². The van der Waals surface area contributed by atoms with E-state index in [0.29, 0.717) is 29.7 Å². The highest BCUT2D eigenvalue weighted by Gasteiger charge is 2.31. The summed E-state index contributed by atoms with van der Waals surface area (Å²) in [5.74, 6) is 1.65. The molecule has 0 bridgehead atoms. The van der Waals surface area contributed by atoms with Crippen molar-refractivity contribution in [2.24, 2.45) is 0 Å². The van der Waals surface area contributed by atoms with E-state index < -0.39 is 0 Å². The molecule has 8 nitrogen and oxygen atoms in total.